The van der Waals surface area contributed by atoms with E-state index in [1.54, 1.807) is 7.11 Å². The minimum atomic E-state index is 0.360. The molecule has 0 spiro atoms. The molecule has 2 heterocycles. The molecular weight excluding hydrogens is 282 g/mol. The Morgan fingerprint density at radius 2 is 2.14 bits per heavy atom. The summed E-state index contributed by atoms with van der Waals surface area (Å²) in [4.78, 5) is 8.67. The molecule has 0 bridgehead atoms. The Balaban J connectivity index is 2.06. The summed E-state index contributed by atoms with van der Waals surface area (Å²) < 4.78 is 5.46. The summed E-state index contributed by atoms with van der Waals surface area (Å²) in [6, 6.07) is 0. The van der Waals surface area contributed by atoms with Gasteiger partial charge in [0.25, 0.3) is 0 Å². The van der Waals surface area contributed by atoms with Crippen molar-refractivity contribution in [3.63, 3.8) is 0 Å². The molecule has 21 heavy (non-hydrogen) atoms. The molecule has 4 nitrogen and oxygen atoms in total. The quantitative estimate of drug-likeness (QED) is 0.839. The molecule has 1 aliphatic heterocycles. The van der Waals surface area contributed by atoms with Gasteiger partial charge >= 0.3 is 0 Å². The van der Waals surface area contributed by atoms with Crippen LogP contribution < -0.4 is 10.2 Å². The Bertz CT molecular complexity index is 445. The third-order valence-electron chi connectivity index (χ3n) is 3.85. The third kappa shape index (κ3) is 4.41. The maximum absolute atomic E-state index is 5.46. The summed E-state index contributed by atoms with van der Waals surface area (Å²) in [6.45, 7) is 13.0. The van der Waals surface area contributed by atoms with Gasteiger partial charge in [0.2, 0.25) is 0 Å². The first-order valence-corrected chi connectivity index (χ1v) is 8.81. The smallest absolute Gasteiger partial charge is 0.185 e. The van der Waals surface area contributed by atoms with Gasteiger partial charge < -0.3 is 15.0 Å². The van der Waals surface area contributed by atoms with E-state index in [0.717, 1.165) is 32.6 Å². The second-order valence-electron chi connectivity index (χ2n) is 6.58. The van der Waals surface area contributed by atoms with Crippen LogP contribution in [-0.4, -0.2) is 37.8 Å². The van der Waals surface area contributed by atoms with E-state index in [0.29, 0.717) is 17.9 Å². The average Bonchev–Trinajstić information content (AvgIpc) is 3.03. The van der Waals surface area contributed by atoms with Crippen LogP contribution in [0.1, 0.15) is 50.6 Å². The number of methoxy groups -OCH3 is 1. The Labute approximate surface area is 132 Å². The molecule has 0 amide bonds. The van der Waals surface area contributed by atoms with Crippen LogP contribution in [0.15, 0.2) is 0 Å². The topological polar surface area (TPSA) is 37.4 Å². The number of anilines is 1. The van der Waals surface area contributed by atoms with Gasteiger partial charge in [-0.05, 0) is 24.8 Å². The number of hydrogen-bond donors (Lipinski definition) is 1. The molecule has 2 rings (SSSR count). The molecule has 0 saturated carbocycles. The monoisotopic (exact) mass is 311 g/mol. The molecule has 1 saturated heterocycles. The zero-order valence-corrected chi connectivity index (χ0v) is 14.8. The van der Waals surface area contributed by atoms with Crippen LogP contribution in [0.4, 0.5) is 5.13 Å². The summed E-state index contributed by atoms with van der Waals surface area (Å²) >= 11 is 1.85. The average molecular weight is 311 g/mol. The normalized spacial score (nSPS) is 19.2. The highest BCUT2D eigenvalue weighted by molar-refractivity contribution is 7.15. The lowest BCUT2D eigenvalue weighted by atomic mass is 10.1. The predicted octanol–water partition coefficient (Wildman–Crippen LogP) is 3.24. The van der Waals surface area contributed by atoms with Crippen LogP contribution in [0.5, 0.6) is 0 Å². The number of ether oxygens (including phenoxy) is 1. The first-order valence-electron chi connectivity index (χ1n) is 7.99. The molecule has 0 aromatic carbocycles. The molecule has 1 unspecified atom stereocenters. The lowest BCUT2D eigenvalue weighted by molar-refractivity contribution is 0.121. The first kappa shape index (κ1) is 16.7. The Hall–Kier alpha value is -0.650. The van der Waals surface area contributed by atoms with Gasteiger partial charge in [-0.1, -0.05) is 27.7 Å². The third-order valence-corrected chi connectivity index (χ3v) is 4.98. The van der Waals surface area contributed by atoms with Crippen molar-refractivity contribution in [2.75, 3.05) is 31.6 Å². The Morgan fingerprint density at radius 1 is 1.38 bits per heavy atom. The van der Waals surface area contributed by atoms with Crippen LogP contribution in [0.3, 0.4) is 0 Å². The van der Waals surface area contributed by atoms with Gasteiger partial charge in [0.1, 0.15) is 0 Å². The highest BCUT2D eigenvalue weighted by atomic mass is 32.1. The molecular formula is C16H29N3OS. The summed E-state index contributed by atoms with van der Waals surface area (Å²) in [7, 11) is 1.80. The van der Waals surface area contributed by atoms with Gasteiger partial charge in [-0.2, -0.15) is 0 Å². The van der Waals surface area contributed by atoms with Crippen LogP contribution >= 0.6 is 11.3 Å². The van der Waals surface area contributed by atoms with Gasteiger partial charge in [0, 0.05) is 31.6 Å². The standard InChI is InChI=1S/C16H29N3OS/c1-11(2)8-17-9-14-15(12(3)4)18-16(21-14)19-7-6-13(10-19)20-5/h11-13,17H,6-10H2,1-5H3. The van der Waals surface area contributed by atoms with E-state index in [2.05, 4.69) is 37.9 Å². The zero-order valence-electron chi connectivity index (χ0n) is 14.0. The maximum Gasteiger partial charge on any atom is 0.185 e. The van der Waals surface area contributed by atoms with Crippen molar-refractivity contribution in [1.29, 1.82) is 0 Å². The van der Waals surface area contributed by atoms with E-state index in [4.69, 9.17) is 9.72 Å². The second kappa shape index (κ2) is 7.56. The highest BCUT2D eigenvalue weighted by Gasteiger charge is 2.26. The molecule has 1 aliphatic rings. The van der Waals surface area contributed by atoms with Crippen molar-refractivity contribution < 1.29 is 4.74 Å². The number of nitrogens with one attached hydrogen (secondary N) is 1. The minimum Gasteiger partial charge on any atom is -0.380 e. The van der Waals surface area contributed by atoms with Crippen LogP contribution in [0.2, 0.25) is 0 Å². The second-order valence-corrected chi connectivity index (χ2v) is 7.64. The van der Waals surface area contributed by atoms with Crippen molar-refractivity contribution >= 4 is 16.5 Å². The summed E-state index contributed by atoms with van der Waals surface area (Å²) in [6.07, 6.45) is 1.47. The van der Waals surface area contributed by atoms with Gasteiger partial charge in [0.05, 0.1) is 11.8 Å². The number of aromatic nitrogens is 1. The fourth-order valence-corrected chi connectivity index (χ4v) is 3.85. The SMILES string of the molecule is COC1CCN(c2nc(C(C)C)c(CNCC(C)C)s2)C1. The lowest BCUT2D eigenvalue weighted by Crippen LogP contribution is -2.21. The predicted molar refractivity (Wildman–Crippen MR) is 90.4 cm³/mol. The van der Waals surface area contributed by atoms with Crippen LogP contribution in [0.25, 0.3) is 0 Å². The molecule has 1 aromatic rings. The number of hydrogen-bond acceptors (Lipinski definition) is 5. The largest absolute Gasteiger partial charge is 0.380 e. The van der Waals surface area contributed by atoms with Crippen molar-refractivity contribution in [1.82, 2.24) is 10.3 Å². The molecule has 1 aromatic heterocycles. The Kier molecular flexibility index (Phi) is 6.02. The van der Waals surface area contributed by atoms with Gasteiger partial charge in [-0.15, -0.1) is 11.3 Å². The lowest BCUT2D eigenvalue weighted by Gasteiger charge is -2.14. The summed E-state index contributed by atoms with van der Waals surface area (Å²) in [5.74, 6) is 1.16. The van der Waals surface area contributed by atoms with Crippen molar-refractivity contribution in [3.8, 4) is 0 Å². The van der Waals surface area contributed by atoms with E-state index in [-0.39, 0.29) is 0 Å². The van der Waals surface area contributed by atoms with E-state index in [1.165, 1.54) is 15.7 Å². The van der Waals surface area contributed by atoms with Crippen LogP contribution in [0, 0.1) is 5.92 Å². The first-order chi connectivity index (χ1) is 10.0. The molecule has 1 atom stereocenters. The zero-order chi connectivity index (χ0) is 15.4. The minimum absolute atomic E-state index is 0.360. The fourth-order valence-electron chi connectivity index (χ4n) is 2.63. The van der Waals surface area contributed by atoms with Crippen LogP contribution in [-0.2, 0) is 11.3 Å². The molecule has 0 radical (unpaired) electrons. The van der Waals surface area contributed by atoms with Gasteiger partial charge in [0.15, 0.2) is 5.13 Å². The van der Waals surface area contributed by atoms with Crippen molar-refractivity contribution in [3.05, 3.63) is 10.6 Å². The highest BCUT2D eigenvalue weighted by Crippen LogP contribution is 2.32. The summed E-state index contributed by atoms with van der Waals surface area (Å²) in [5.41, 5.74) is 1.26. The maximum atomic E-state index is 5.46. The van der Waals surface area contributed by atoms with Crippen molar-refractivity contribution in [2.24, 2.45) is 5.92 Å². The van der Waals surface area contributed by atoms with E-state index >= 15 is 0 Å². The summed E-state index contributed by atoms with van der Waals surface area (Å²) in [5, 5.41) is 4.71. The molecule has 1 N–H and O–H groups in total. The molecule has 120 valence electrons. The molecule has 0 aliphatic carbocycles. The van der Waals surface area contributed by atoms with Gasteiger partial charge in [-0.3, -0.25) is 0 Å². The van der Waals surface area contributed by atoms with Crippen molar-refractivity contribution in [2.45, 2.75) is 52.7 Å². The number of rotatable bonds is 7. The molecule has 5 heteroatoms. The van der Waals surface area contributed by atoms with Gasteiger partial charge in [-0.25, -0.2) is 4.98 Å². The number of nitrogens with zero attached hydrogens (tertiary/aromatic N) is 2. The van der Waals surface area contributed by atoms with E-state index in [1.807, 2.05) is 11.3 Å². The Morgan fingerprint density at radius 3 is 2.71 bits per heavy atom. The van der Waals surface area contributed by atoms with E-state index in [9.17, 15) is 0 Å². The van der Waals surface area contributed by atoms with E-state index < -0.39 is 0 Å². The fraction of sp³-hybridized carbons (Fsp3) is 0.812. The number of thiazole rings is 1. The molecule has 1 fully saturated rings.